The van der Waals surface area contributed by atoms with Gasteiger partial charge in [0.05, 0.1) is 6.07 Å². The molecule has 0 spiro atoms. The van der Waals surface area contributed by atoms with E-state index in [1.54, 1.807) is 0 Å². The first-order valence-corrected chi connectivity index (χ1v) is 13.6. The van der Waals surface area contributed by atoms with Crippen molar-refractivity contribution in [1.82, 2.24) is 0 Å². The van der Waals surface area contributed by atoms with Gasteiger partial charge in [-0.2, -0.15) is 5.26 Å². The molecule has 188 valence electrons. The van der Waals surface area contributed by atoms with Crippen LogP contribution in [0.2, 0.25) is 0 Å². The second-order valence-electron chi connectivity index (χ2n) is 11.6. The van der Waals surface area contributed by atoms with Crippen molar-refractivity contribution in [3.8, 4) is 28.3 Å². The summed E-state index contributed by atoms with van der Waals surface area (Å²) in [6.45, 7) is 8.81. The van der Waals surface area contributed by atoms with E-state index < -0.39 is 5.41 Å². The van der Waals surface area contributed by atoms with Crippen molar-refractivity contribution in [3.63, 3.8) is 0 Å². The van der Waals surface area contributed by atoms with E-state index in [0.29, 0.717) is 0 Å². The highest BCUT2D eigenvalue weighted by Crippen LogP contribution is 2.52. The van der Waals surface area contributed by atoms with Crippen LogP contribution in [0.4, 0.5) is 17.1 Å². The van der Waals surface area contributed by atoms with Crippen molar-refractivity contribution in [2.75, 3.05) is 4.90 Å². The molecule has 0 N–H and O–H groups in total. The highest BCUT2D eigenvalue weighted by molar-refractivity contribution is 5.88. The molecule has 0 bridgehead atoms. The number of nitriles is 1. The van der Waals surface area contributed by atoms with Gasteiger partial charge < -0.3 is 4.90 Å². The van der Waals surface area contributed by atoms with Gasteiger partial charge in [0, 0.05) is 22.5 Å². The van der Waals surface area contributed by atoms with E-state index in [2.05, 4.69) is 135 Å². The summed E-state index contributed by atoms with van der Waals surface area (Å²) in [5.74, 6) is 0. The van der Waals surface area contributed by atoms with E-state index >= 15 is 0 Å². The number of nitrogens with zero attached hydrogens (tertiary/aromatic N) is 2. The molecule has 0 heterocycles. The molecule has 1 unspecified atom stereocenters. The van der Waals surface area contributed by atoms with Crippen molar-refractivity contribution < 1.29 is 0 Å². The van der Waals surface area contributed by atoms with E-state index in [4.69, 9.17) is 0 Å². The van der Waals surface area contributed by atoms with Gasteiger partial charge in [0.1, 0.15) is 5.41 Å². The number of benzene rings is 5. The molecular weight excluding hydrogens is 472 g/mol. The summed E-state index contributed by atoms with van der Waals surface area (Å²) >= 11 is 0. The molecule has 0 amide bonds. The van der Waals surface area contributed by atoms with Crippen LogP contribution in [0.5, 0.6) is 0 Å². The van der Waals surface area contributed by atoms with Crippen LogP contribution in [-0.2, 0) is 10.8 Å². The second-order valence-corrected chi connectivity index (χ2v) is 11.6. The molecule has 39 heavy (non-hydrogen) atoms. The van der Waals surface area contributed by atoms with Gasteiger partial charge in [-0.1, -0.05) is 92.2 Å². The lowest BCUT2D eigenvalue weighted by molar-refractivity contribution is 0.660. The third kappa shape index (κ3) is 3.26. The predicted octanol–water partition coefficient (Wildman–Crippen LogP) is 9.58. The fourth-order valence-electron chi connectivity index (χ4n) is 6.71. The van der Waals surface area contributed by atoms with E-state index in [9.17, 15) is 5.26 Å². The highest BCUT2D eigenvalue weighted by atomic mass is 15.1. The Balaban J connectivity index is 1.43. The van der Waals surface area contributed by atoms with Crippen LogP contribution < -0.4 is 4.90 Å². The van der Waals surface area contributed by atoms with Crippen LogP contribution in [0, 0.1) is 18.3 Å². The Hall–Kier alpha value is -4.61. The fraction of sp³-hybridized carbons (Fsp3) is 0.162. The Morgan fingerprint density at radius 2 is 1.03 bits per heavy atom. The zero-order valence-corrected chi connectivity index (χ0v) is 22.8. The topological polar surface area (TPSA) is 27.0 Å². The van der Waals surface area contributed by atoms with Gasteiger partial charge in [-0.15, -0.1) is 0 Å². The van der Waals surface area contributed by atoms with Gasteiger partial charge in [0.2, 0.25) is 0 Å². The zero-order chi connectivity index (χ0) is 26.9. The molecule has 5 aromatic carbocycles. The lowest BCUT2D eigenvalue weighted by Gasteiger charge is -2.29. The maximum atomic E-state index is 10.4. The summed E-state index contributed by atoms with van der Waals surface area (Å²) in [4.78, 5) is 2.33. The fourth-order valence-corrected chi connectivity index (χ4v) is 6.71. The molecule has 0 aliphatic heterocycles. The summed E-state index contributed by atoms with van der Waals surface area (Å²) < 4.78 is 0. The monoisotopic (exact) mass is 502 g/mol. The number of fused-ring (bicyclic) bond motifs is 6. The normalized spacial score (nSPS) is 17.5. The summed E-state index contributed by atoms with van der Waals surface area (Å²) in [5.41, 5.74) is 13.5. The van der Waals surface area contributed by atoms with Crippen molar-refractivity contribution in [2.45, 2.75) is 38.5 Å². The van der Waals surface area contributed by atoms with Crippen LogP contribution in [0.25, 0.3) is 22.3 Å². The minimum atomic E-state index is -0.692. The standard InChI is InChI=1S/C37H30N2/c1-24-13-15-25(16-14-24)39(26-17-19-30-28-9-5-7-11-32(28)36(2,3)34(30)21-26)27-18-20-31-29-10-6-8-12-33(29)37(4,23-38)35(31)22-27/h5-22H,1-4H3. The molecule has 1 atom stereocenters. The van der Waals surface area contributed by atoms with Crippen LogP contribution in [-0.4, -0.2) is 0 Å². The SMILES string of the molecule is Cc1ccc(N(c2ccc3c(c2)C(C)(C)c2ccccc2-3)c2ccc3c(c2)C(C)(C#N)c2ccccc2-3)cc1. The Morgan fingerprint density at radius 3 is 1.67 bits per heavy atom. The van der Waals surface area contributed by atoms with Crippen LogP contribution in [0.3, 0.4) is 0 Å². The van der Waals surface area contributed by atoms with E-state index in [1.807, 2.05) is 13.0 Å². The predicted molar refractivity (Wildman–Crippen MR) is 161 cm³/mol. The Kier molecular flexibility index (Phi) is 4.94. The van der Waals surface area contributed by atoms with Gasteiger partial charge in [0.15, 0.2) is 0 Å². The van der Waals surface area contributed by atoms with Crippen molar-refractivity contribution >= 4 is 17.1 Å². The zero-order valence-electron chi connectivity index (χ0n) is 22.8. The molecule has 0 fully saturated rings. The largest absolute Gasteiger partial charge is 0.310 e. The smallest absolute Gasteiger partial charge is 0.106 e. The number of anilines is 3. The van der Waals surface area contributed by atoms with Gasteiger partial charge in [-0.05, 0) is 94.8 Å². The summed E-state index contributed by atoms with van der Waals surface area (Å²) in [6.07, 6.45) is 0. The first-order valence-electron chi connectivity index (χ1n) is 13.6. The second kappa shape index (κ2) is 8.19. The van der Waals surface area contributed by atoms with Crippen molar-refractivity contribution in [2.24, 2.45) is 0 Å². The molecule has 0 saturated heterocycles. The first-order chi connectivity index (χ1) is 18.8. The molecule has 5 aromatic rings. The summed E-state index contributed by atoms with van der Waals surface area (Å²) in [7, 11) is 0. The minimum absolute atomic E-state index is 0.0835. The van der Waals surface area contributed by atoms with Crippen molar-refractivity contribution in [1.29, 1.82) is 5.26 Å². The summed E-state index contributed by atoms with van der Waals surface area (Å²) in [5, 5.41) is 10.4. The third-order valence-electron chi connectivity index (χ3n) is 8.90. The molecule has 7 rings (SSSR count). The molecule has 0 aromatic heterocycles. The quantitative estimate of drug-likeness (QED) is 0.246. The molecule has 2 aliphatic rings. The Morgan fingerprint density at radius 1 is 0.538 bits per heavy atom. The lowest BCUT2D eigenvalue weighted by Crippen LogP contribution is -2.19. The Bertz CT molecular complexity index is 1820. The van der Waals surface area contributed by atoms with Gasteiger partial charge in [-0.3, -0.25) is 0 Å². The van der Waals surface area contributed by atoms with Gasteiger partial charge in [-0.25, -0.2) is 0 Å². The molecular formula is C37H30N2. The van der Waals surface area contributed by atoms with E-state index in [-0.39, 0.29) is 5.41 Å². The highest BCUT2D eigenvalue weighted by Gasteiger charge is 2.40. The van der Waals surface area contributed by atoms with Crippen LogP contribution in [0.15, 0.2) is 109 Å². The van der Waals surface area contributed by atoms with Crippen LogP contribution >= 0.6 is 0 Å². The molecule has 0 saturated carbocycles. The lowest BCUT2D eigenvalue weighted by atomic mass is 9.81. The average Bonchev–Trinajstić information content (AvgIpc) is 3.35. The third-order valence-corrected chi connectivity index (χ3v) is 8.90. The van der Waals surface area contributed by atoms with Gasteiger partial charge in [0.25, 0.3) is 0 Å². The number of hydrogen-bond acceptors (Lipinski definition) is 2. The molecule has 2 heteroatoms. The maximum Gasteiger partial charge on any atom is 0.106 e. The average molecular weight is 503 g/mol. The van der Waals surface area contributed by atoms with Crippen molar-refractivity contribution in [3.05, 3.63) is 137 Å². The van der Waals surface area contributed by atoms with E-state index in [1.165, 1.54) is 27.8 Å². The maximum absolute atomic E-state index is 10.4. The van der Waals surface area contributed by atoms with E-state index in [0.717, 1.165) is 39.3 Å². The summed E-state index contributed by atoms with van der Waals surface area (Å²) in [6, 6.07) is 41.9. The molecule has 0 radical (unpaired) electrons. The Labute approximate surface area is 230 Å². The van der Waals surface area contributed by atoms with Gasteiger partial charge >= 0.3 is 0 Å². The minimum Gasteiger partial charge on any atom is -0.310 e. The van der Waals surface area contributed by atoms with Crippen LogP contribution in [0.1, 0.15) is 48.6 Å². The first kappa shape index (κ1) is 23.5. The number of rotatable bonds is 3. The molecule has 2 nitrogen and oxygen atoms in total. The molecule has 2 aliphatic carbocycles. The number of hydrogen-bond donors (Lipinski definition) is 0. The number of aryl methyl sites for hydroxylation is 1.